The van der Waals surface area contributed by atoms with Gasteiger partial charge in [-0.1, -0.05) is 6.07 Å². The maximum atomic E-state index is 13.7. The average Bonchev–Trinajstić information content (AvgIpc) is 2.46. The molecule has 0 bridgehead atoms. The molecule has 0 spiro atoms. The van der Waals surface area contributed by atoms with E-state index >= 15 is 0 Å². The lowest BCUT2D eigenvalue weighted by Gasteiger charge is -2.15. The van der Waals surface area contributed by atoms with Crippen molar-refractivity contribution in [3.05, 3.63) is 69.8 Å². The summed E-state index contributed by atoms with van der Waals surface area (Å²) in [7, 11) is -4.01. The molecule has 0 aromatic heterocycles. The van der Waals surface area contributed by atoms with E-state index in [1.165, 1.54) is 6.92 Å². The van der Waals surface area contributed by atoms with Gasteiger partial charge in [-0.05, 0) is 25.1 Å². The van der Waals surface area contributed by atoms with Crippen molar-refractivity contribution < 1.29 is 22.1 Å². The van der Waals surface area contributed by atoms with Crippen molar-refractivity contribution in [1.82, 2.24) is 4.72 Å². The summed E-state index contributed by atoms with van der Waals surface area (Å²) in [6.45, 7) is 1.40. The van der Waals surface area contributed by atoms with Crippen molar-refractivity contribution in [2.45, 2.75) is 17.9 Å². The van der Waals surface area contributed by atoms with Crippen LogP contribution in [0.1, 0.15) is 18.5 Å². The smallest absolute Gasteiger partial charge is 0.258 e. The summed E-state index contributed by atoms with van der Waals surface area (Å²) in [5, 5.41) is 10.6. The number of rotatable bonds is 5. The first-order valence-electron chi connectivity index (χ1n) is 6.42. The zero-order valence-electron chi connectivity index (χ0n) is 11.9. The highest BCUT2D eigenvalue weighted by molar-refractivity contribution is 7.89. The molecule has 0 aliphatic carbocycles. The van der Waals surface area contributed by atoms with E-state index in [2.05, 4.69) is 4.72 Å². The SMILES string of the molecule is C[C@@H](NS(=O)(=O)c1ccc([N+](=O)[O-])cc1)c1ccc(F)cc1F. The van der Waals surface area contributed by atoms with Gasteiger partial charge >= 0.3 is 0 Å². The second kappa shape index (κ2) is 6.39. The topological polar surface area (TPSA) is 89.3 Å². The van der Waals surface area contributed by atoms with Crippen LogP contribution >= 0.6 is 0 Å². The number of non-ortho nitro benzene ring substituents is 1. The summed E-state index contributed by atoms with van der Waals surface area (Å²) in [5.41, 5.74) is -0.265. The molecule has 0 saturated carbocycles. The summed E-state index contributed by atoms with van der Waals surface area (Å²) in [6.07, 6.45) is 0. The lowest BCUT2D eigenvalue weighted by atomic mass is 10.1. The van der Waals surface area contributed by atoms with Crippen LogP contribution in [0.25, 0.3) is 0 Å². The highest BCUT2D eigenvalue weighted by Gasteiger charge is 2.21. The van der Waals surface area contributed by atoms with Crippen molar-refractivity contribution in [1.29, 1.82) is 0 Å². The molecule has 9 heteroatoms. The number of benzene rings is 2. The molecule has 0 heterocycles. The maximum Gasteiger partial charge on any atom is 0.269 e. The van der Waals surface area contributed by atoms with Crippen LogP contribution in [0.5, 0.6) is 0 Å². The van der Waals surface area contributed by atoms with E-state index in [-0.39, 0.29) is 16.1 Å². The van der Waals surface area contributed by atoms with Gasteiger partial charge in [-0.2, -0.15) is 0 Å². The first kappa shape index (κ1) is 17.0. The van der Waals surface area contributed by atoms with Gasteiger partial charge in [0.1, 0.15) is 11.6 Å². The fourth-order valence-corrected chi connectivity index (χ4v) is 3.19. The Hall–Kier alpha value is -2.39. The van der Waals surface area contributed by atoms with E-state index in [0.717, 1.165) is 36.4 Å². The molecule has 0 amide bonds. The van der Waals surface area contributed by atoms with Gasteiger partial charge in [0, 0.05) is 29.8 Å². The quantitative estimate of drug-likeness (QED) is 0.668. The first-order chi connectivity index (χ1) is 10.7. The first-order valence-corrected chi connectivity index (χ1v) is 7.91. The van der Waals surface area contributed by atoms with E-state index in [0.29, 0.717) is 6.07 Å². The number of hydrogen-bond donors (Lipinski definition) is 1. The van der Waals surface area contributed by atoms with Gasteiger partial charge in [0.2, 0.25) is 10.0 Å². The molecular weight excluding hydrogens is 330 g/mol. The number of nitro groups is 1. The monoisotopic (exact) mass is 342 g/mol. The molecule has 0 aliphatic rings. The fourth-order valence-electron chi connectivity index (χ4n) is 1.96. The summed E-state index contributed by atoms with van der Waals surface area (Å²) in [4.78, 5) is 9.71. The van der Waals surface area contributed by atoms with Gasteiger partial charge in [0.15, 0.2) is 0 Å². The van der Waals surface area contributed by atoms with Gasteiger partial charge in [0.05, 0.1) is 9.82 Å². The molecule has 0 saturated heterocycles. The molecule has 0 aliphatic heterocycles. The molecule has 122 valence electrons. The Balaban J connectivity index is 2.24. The highest BCUT2D eigenvalue weighted by atomic mass is 32.2. The molecule has 6 nitrogen and oxygen atoms in total. The molecule has 23 heavy (non-hydrogen) atoms. The molecule has 2 aromatic rings. The largest absolute Gasteiger partial charge is 0.269 e. The lowest BCUT2D eigenvalue weighted by molar-refractivity contribution is -0.384. The molecular formula is C14H12F2N2O4S. The minimum Gasteiger partial charge on any atom is -0.258 e. The van der Waals surface area contributed by atoms with Crippen LogP contribution in [0.2, 0.25) is 0 Å². The van der Waals surface area contributed by atoms with Crippen molar-refractivity contribution in [2.75, 3.05) is 0 Å². The average molecular weight is 342 g/mol. The van der Waals surface area contributed by atoms with Gasteiger partial charge in [-0.25, -0.2) is 21.9 Å². The van der Waals surface area contributed by atoms with Gasteiger partial charge in [0.25, 0.3) is 5.69 Å². The molecule has 1 N–H and O–H groups in total. The van der Waals surface area contributed by atoms with E-state index in [9.17, 15) is 27.3 Å². The van der Waals surface area contributed by atoms with Gasteiger partial charge < -0.3 is 0 Å². The molecule has 0 radical (unpaired) electrons. The summed E-state index contributed by atoms with van der Waals surface area (Å²) >= 11 is 0. The summed E-state index contributed by atoms with van der Waals surface area (Å²) < 4.78 is 53.2. The zero-order chi connectivity index (χ0) is 17.2. The van der Waals surface area contributed by atoms with Crippen LogP contribution in [0.3, 0.4) is 0 Å². The second-order valence-corrected chi connectivity index (χ2v) is 6.47. The number of hydrogen-bond acceptors (Lipinski definition) is 4. The maximum absolute atomic E-state index is 13.7. The standard InChI is InChI=1S/C14H12F2N2O4S/c1-9(13-7-2-10(15)8-14(13)16)17-23(21,22)12-5-3-11(4-6-12)18(19)20/h2-9,17H,1H3/t9-/m1/s1. The predicted molar refractivity (Wildman–Crippen MR) is 78.2 cm³/mol. The Morgan fingerprint density at radius 1 is 1.13 bits per heavy atom. The van der Waals surface area contributed by atoms with Crippen molar-refractivity contribution >= 4 is 15.7 Å². The Kier molecular flexibility index (Phi) is 4.71. The summed E-state index contributed by atoms with van der Waals surface area (Å²) in [5.74, 6) is -1.64. The van der Waals surface area contributed by atoms with Crippen molar-refractivity contribution in [3.63, 3.8) is 0 Å². The number of nitrogens with one attached hydrogen (secondary N) is 1. The molecule has 0 fully saturated rings. The summed E-state index contributed by atoms with van der Waals surface area (Å²) in [6, 6.07) is 6.14. The Morgan fingerprint density at radius 3 is 2.26 bits per heavy atom. The third-order valence-electron chi connectivity index (χ3n) is 3.12. The minimum atomic E-state index is -4.01. The lowest BCUT2D eigenvalue weighted by Crippen LogP contribution is -2.27. The van der Waals surface area contributed by atoms with Crippen LogP contribution in [0.15, 0.2) is 47.4 Å². The van der Waals surface area contributed by atoms with Gasteiger partial charge in [-0.15, -0.1) is 0 Å². The van der Waals surface area contributed by atoms with Crippen molar-refractivity contribution in [3.8, 4) is 0 Å². The second-order valence-electron chi connectivity index (χ2n) is 4.76. The Morgan fingerprint density at radius 2 is 1.74 bits per heavy atom. The zero-order valence-corrected chi connectivity index (χ0v) is 12.7. The molecule has 2 rings (SSSR count). The van der Waals surface area contributed by atoms with E-state index in [1.54, 1.807) is 0 Å². The number of nitro benzene ring substituents is 1. The van der Waals surface area contributed by atoms with E-state index in [4.69, 9.17) is 0 Å². The third kappa shape index (κ3) is 3.88. The molecule has 1 atom stereocenters. The molecule has 2 aromatic carbocycles. The van der Waals surface area contributed by atoms with Crippen LogP contribution < -0.4 is 4.72 Å². The van der Waals surface area contributed by atoms with E-state index < -0.39 is 32.6 Å². The van der Waals surface area contributed by atoms with Gasteiger partial charge in [-0.3, -0.25) is 10.1 Å². The fraction of sp³-hybridized carbons (Fsp3) is 0.143. The molecule has 0 unspecified atom stereocenters. The van der Waals surface area contributed by atoms with E-state index in [1.807, 2.05) is 0 Å². The minimum absolute atomic E-state index is 0.0168. The predicted octanol–water partition coefficient (Wildman–Crippen LogP) is 2.91. The number of halogens is 2. The normalized spacial score (nSPS) is 12.8. The Bertz CT molecular complexity index is 838. The number of sulfonamides is 1. The van der Waals surface area contributed by atoms with Crippen molar-refractivity contribution in [2.24, 2.45) is 0 Å². The number of nitrogens with zero attached hydrogens (tertiary/aromatic N) is 1. The van der Waals surface area contributed by atoms with Crippen LogP contribution in [-0.4, -0.2) is 13.3 Å². The van der Waals surface area contributed by atoms with Crippen LogP contribution in [0.4, 0.5) is 14.5 Å². The third-order valence-corrected chi connectivity index (χ3v) is 4.68. The highest BCUT2D eigenvalue weighted by Crippen LogP contribution is 2.21. The van der Waals surface area contributed by atoms with Crippen LogP contribution in [-0.2, 0) is 10.0 Å². The van der Waals surface area contributed by atoms with Crippen LogP contribution in [0, 0.1) is 21.7 Å². The Labute approximate surface area is 131 Å².